The quantitative estimate of drug-likeness (QED) is 0.824. The number of carbonyl (C=O) groups excluding carboxylic acids is 1. The van der Waals surface area contributed by atoms with E-state index in [9.17, 15) is 4.79 Å². The Morgan fingerprint density at radius 1 is 1.55 bits per heavy atom. The molecule has 1 unspecified atom stereocenters. The molecule has 1 aliphatic heterocycles. The molecule has 1 atom stereocenters. The molecule has 2 N–H and O–H groups in total. The van der Waals surface area contributed by atoms with E-state index in [2.05, 4.69) is 6.07 Å². The molecule has 20 heavy (non-hydrogen) atoms. The molecule has 1 heterocycles. The molecule has 0 spiro atoms. The highest BCUT2D eigenvalue weighted by atomic mass is 16.5. The molecule has 1 aromatic carbocycles. The van der Waals surface area contributed by atoms with Crippen molar-refractivity contribution in [3.63, 3.8) is 0 Å². The lowest BCUT2D eigenvalue weighted by Gasteiger charge is -2.33. The summed E-state index contributed by atoms with van der Waals surface area (Å²) in [6, 6.07) is 8.74. The van der Waals surface area contributed by atoms with Gasteiger partial charge < -0.3 is 15.2 Å². The van der Waals surface area contributed by atoms with Crippen LogP contribution in [0.15, 0.2) is 24.3 Å². The third-order valence-corrected chi connectivity index (χ3v) is 3.21. The predicted molar refractivity (Wildman–Crippen MR) is 72.0 cm³/mol. The van der Waals surface area contributed by atoms with Crippen LogP contribution in [0.1, 0.15) is 5.56 Å². The molecule has 0 bridgehead atoms. The van der Waals surface area contributed by atoms with Gasteiger partial charge >= 0.3 is 0 Å². The van der Waals surface area contributed by atoms with Gasteiger partial charge in [0.15, 0.2) is 0 Å². The third-order valence-electron chi connectivity index (χ3n) is 3.21. The molecule has 2 rings (SSSR count). The Morgan fingerprint density at radius 2 is 2.35 bits per heavy atom. The van der Waals surface area contributed by atoms with Crippen LogP contribution in [0.2, 0.25) is 0 Å². The minimum absolute atomic E-state index is 0.324. The molecule has 0 radical (unpaired) electrons. The number of rotatable bonds is 5. The van der Waals surface area contributed by atoms with Crippen LogP contribution in [0.4, 0.5) is 0 Å². The van der Waals surface area contributed by atoms with E-state index in [1.54, 1.807) is 18.2 Å². The lowest BCUT2D eigenvalue weighted by Crippen LogP contribution is -2.53. The molecule has 6 heteroatoms. The van der Waals surface area contributed by atoms with Crippen molar-refractivity contribution in [3.8, 4) is 11.8 Å². The van der Waals surface area contributed by atoms with Crippen molar-refractivity contribution in [1.29, 1.82) is 5.26 Å². The van der Waals surface area contributed by atoms with E-state index < -0.39 is 6.04 Å². The van der Waals surface area contributed by atoms with Gasteiger partial charge in [0, 0.05) is 13.1 Å². The number of amides is 1. The van der Waals surface area contributed by atoms with E-state index >= 15 is 0 Å². The van der Waals surface area contributed by atoms with Crippen LogP contribution < -0.4 is 10.5 Å². The molecule has 0 saturated carbocycles. The number of benzene rings is 1. The van der Waals surface area contributed by atoms with Gasteiger partial charge in [-0.3, -0.25) is 9.69 Å². The first-order chi connectivity index (χ1) is 9.72. The monoisotopic (exact) mass is 275 g/mol. The number of para-hydroxylation sites is 1. The van der Waals surface area contributed by atoms with Gasteiger partial charge in [-0.25, -0.2) is 0 Å². The number of morpholine rings is 1. The van der Waals surface area contributed by atoms with Crippen molar-refractivity contribution in [1.82, 2.24) is 4.90 Å². The van der Waals surface area contributed by atoms with E-state index in [0.717, 1.165) is 0 Å². The van der Waals surface area contributed by atoms with Crippen molar-refractivity contribution in [2.45, 2.75) is 6.04 Å². The van der Waals surface area contributed by atoms with Gasteiger partial charge in [-0.2, -0.15) is 5.26 Å². The Bertz CT molecular complexity index is 513. The average molecular weight is 275 g/mol. The SMILES string of the molecule is N#Cc1ccccc1OCCN1CCOCC1C(N)=O. The Balaban J connectivity index is 1.89. The number of nitriles is 1. The van der Waals surface area contributed by atoms with E-state index in [1.165, 1.54) is 0 Å². The summed E-state index contributed by atoms with van der Waals surface area (Å²) >= 11 is 0. The number of hydrogen-bond acceptors (Lipinski definition) is 5. The van der Waals surface area contributed by atoms with E-state index in [-0.39, 0.29) is 5.91 Å². The van der Waals surface area contributed by atoms with Crippen molar-refractivity contribution < 1.29 is 14.3 Å². The fourth-order valence-electron chi connectivity index (χ4n) is 2.13. The van der Waals surface area contributed by atoms with Crippen molar-refractivity contribution in [2.24, 2.45) is 5.73 Å². The van der Waals surface area contributed by atoms with E-state index in [4.69, 9.17) is 20.5 Å². The zero-order valence-electron chi connectivity index (χ0n) is 11.1. The van der Waals surface area contributed by atoms with Crippen molar-refractivity contribution in [2.75, 3.05) is 32.9 Å². The minimum atomic E-state index is -0.404. The zero-order chi connectivity index (χ0) is 14.4. The molecular formula is C14H17N3O3. The second-order valence-electron chi connectivity index (χ2n) is 4.49. The number of ether oxygens (including phenoxy) is 2. The summed E-state index contributed by atoms with van der Waals surface area (Å²) in [5, 5.41) is 8.96. The van der Waals surface area contributed by atoms with Gasteiger partial charge in [-0.05, 0) is 12.1 Å². The summed E-state index contributed by atoms with van der Waals surface area (Å²) in [4.78, 5) is 13.3. The smallest absolute Gasteiger partial charge is 0.237 e. The molecule has 6 nitrogen and oxygen atoms in total. The normalized spacial score (nSPS) is 19.2. The first-order valence-corrected chi connectivity index (χ1v) is 6.45. The lowest BCUT2D eigenvalue weighted by molar-refractivity contribution is -0.129. The Hall–Kier alpha value is -2.10. The molecular weight excluding hydrogens is 258 g/mol. The summed E-state index contributed by atoms with van der Waals surface area (Å²) in [5.74, 6) is 0.168. The van der Waals surface area contributed by atoms with Crippen molar-refractivity contribution >= 4 is 5.91 Å². The molecule has 106 valence electrons. The van der Waals surface area contributed by atoms with Gasteiger partial charge in [-0.1, -0.05) is 12.1 Å². The Labute approximate surface area is 117 Å². The Kier molecular flexibility index (Phi) is 4.93. The van der Waals surface area contributed by atoms with Gasteiger partial charge in [0.1, 0.15) is 24.5 Å². The predicted octanol–water partition coefficient (Wildman–Crippen LogP) is 0.123. The van der Waals surface area contributed by atoms with E-state index in [0.29, 0.717) is 44.2 Å². The summed E-state index contributed by atoms with van der Waals surface area (Å²) < 4.78 is 10.9. The number of nitrogens with two attached hydrogens (primary N) is 1. The van der Waals surface area contributed by atoms with Crippen LogP contribution in [0.25, 0.3) is 0 Å². The average Bonchev–Trinajstić information content (AvgIpc) is 2.48. The zero-order valence-corrected chi connectivity index (χ0v) is 11.1. The molecule has 1 aliphatic rings. The number of nitrogens with zero attached hydrogens (tertiary/aromatic N) is 2. The van der Waals surface area contributed by atoms with Gasteiger partial charge in [-0.15, -0.1) is 0 Å². The largest absolute Gasteiger partial charge is 0.491 e. The van der Waals surface area contributed by atoms with Crippen LogP contribution >= 0.6 is 0 Å². The number of carbonyl (C=O) groups is 1. The van der Waals surface area contributed by atoms with Gasteiger partial charge in [0.05, 0.1) is 18.8 Å². The maximum absolute atomic E-state index is 11.3. The molecule has 1 fully saturated rings. The van der Waals surface area contributed by atoms with Crippen LogP contribution in [0.5, 0.6) is 5.75 Å². The molecule has 1 saturated heterocycles. The van der Waals surface area contributed by atoms with Crippen LogP contribution in [-0.2, 0) is 9.53 Å². The first kappa shape index (κ1) is 14.3. The lowest BCUT2D eigenvalue weighted by atomic mass is 10.2. The van der Waals surface area contributed by atoms with Crippen molar-refractivity contribution in [3.05, 3.63) is 29.8 Å². The second-order valence-corrected chi connectivity index (χ2v) is 4.49. The Morgan fingerprint density at radius 3 is 3.10 bits per heavy atom. The minimum Gasteiger partial charge on any atom is -0.491 e. The first-order valence-electron chi connectivity index (χ1n) is 6.45. The highest BCUT2D eigenvalue weighted by molar-refractivity contribution is 5.80. The summed E-state index contributed by atoms with van der Waals surface area (Å²) in [6.07, 6.45) is 0. The molecule has 1 aromatic rings. The van der Waals surface area contributed by atoms with Gasteiger partial charge in [0.25, 0.3) is 0 Å². The van der Waals surface area contributed by atoms with Crippen LogP contribution in [0.3, 0.4) is 0 Å². The summed E-state index contributed by atoms with van der Waals surface area (Å²) in [7, 11) is 0. The highest BCUT2D eigenvalue weighted by Crippen LogP contribution is 2.16. The fourth-order valence-corrected chi connectivity index (χ4v) is 2.13. The number of primary amides is 1. The van der Waals surface area contributed by atoms with Crippen LogP contribution in [-0.4, -0.2) is 49.8 Å². The molecule has 0 aromatic heterocycles. The highest BCUT2D eigenvalue weighted by Gasteiger charge is 2.27. The third kappa shape index (κ3) is 3.47. The van der Waals surface area contributed by atoms with E-state index in [1.807, 2.05) is 11.0 Å². The van der Waals surface area contributed by atoms with Crippen LogP contribution in [0, 0.1) is 11.3 Å². The summed E-state index contributed by atoms with van der Waals surface area (Å²) in [5.41, 5.74) is 5.84. The standard InChI is InChI=1S/C14H17N3O3/c15-9-11-3-1-2-4-13(11)20-8-6-17-5-7-19-10-12(17)14(16)18/h1-4,12H,5-8,10H2,(H2,16,18). The maximum atomic E-state index is 11.3. The molecule has 0 aliphatic carbocycles. The topological polar surface area (TPSA) is 88.6 Å². The molecule has 1 amide bonds. The van der Waals surface area contributed by atoms with Gasteiger partial charge in [0.2, 0.25) is 5.91 Å². The number of hydrogen-bond donors (Lipinski definition) is 1. The second kappa shape index (κ2) is 6.89. The fraction of sp³-hybridized carbons (Fsp3) is 0.429. The maximum Gasteiger partial charge on any atom is 0.237 e. The summed E-state index contributed by atoms with van der Waals surface area (Å²) in [6.45, 7) is 2.51.